The Morgan fingerprint density at radius 3 is 2.65 bits per heavy atom. The molecule has 0 bridgehead atoms. The molecule has 0 unspecified atom stereocenters. The molecule has 5 nitrogen and oxygen atoms in total. The molecule has 1 fully saturated rings. The van der Waals surface area contributed by atoms with E-state index in [4.69, 9.17) is 4.74 Å². The van der Waals surface area contributed by atoms with Crippen molar-refractivity contribution in [2.45, 2.75) is 13.0 Å². The molecule has 0 radical (unpaired) electrons. The van der Waals surface area contributed by atoms with Crippen LogP contribution in [-0.4, -0.2) is 45.9 Å². The van der Waals surface area contributed by atoms with Gasteiger partial charge in [-0.25, -0.2) is 0 Å². The van der Waals surface area contributed by atoms with Crippen LogP contribution in [0.1, 0.15) is 5.69 Å². The molecule has 5 heteroatoms. The fraction of sp³-hybridized carbons (Fsp3) is 0.333. The minimum absolute atomic E-state index is 0.258. The Labute approximate surface area is 135 Å². The second-order valence-electron chi connectivity index (χ2n) is 6.34. The maximum Gasteiger partial charge on any atom is 0.148 e. The summed E-state index contributed by atoms with van der Waals surface area (Å²) in [5, 5.41) is 6.48. The summed E-state index contributed by atoms with van der Waals surface area (Å²) in [6.45, 7) is 3.95. The molecule has 118 valence electrons. The number of rotatable bonds is 3. The van der Waals surface area contributed by atoms with Gasteiger partial charge in [-0.2, -0.15) is 5.10 Å². The quantitative estimate of drug-likeness (QED) is 0.746. The van der Waals surface area contributed by atoms with Gasteiger partial charge in [0.2, 0.25) is 0 Å². The van der Waals surface area contributed by atoms with Crippen LogP contribution in [-0.2, 0) is 7.05 Å². The molecule has 3 aromatic rings. The van der Waals surface area contributed by atoms with E-state index in [1.165, 1.54) is 0 Å². The lowest BCUT2D eigenvalue weighted by Crippen LogP contribution is -2.51. The van der Waals surface area contributed by atoms with Gasteiger partial charge in [-0.3, -0.25) is 14.6 Å². The summed E-state index contributed by atoms with van der Waals surface area (Å²) in [6.07, 6.45) is 6.08. The zero-order valence-corrected chi connectivity index (χ0v) is 13.7. The lowest BCUT2D eigenvalue weighted by atomic mass is 10.0. The number of ether oxygens (including phenoxy) is 1. The zero-order chi connectivity index (χ0) is 16.0. The van der Waals surface area contributed by atoms with Crippen LogP contribution in [0.25, 0.3) is 21.9 Å². The van der Waals surface area contributed by atoms with Crippen molar-refractivity contribution in [1.82, 2.24) is 19.7 Å². The molecular weight excluding hydrogens is 288 g/mol. The van der Waals surface area contributed by atoms with Gasteiger partial charge in [-0.15, -0.1) is 0 Å². The Morgan fingerprint density at radius 1 is 1.13 bits per heavy atom. The first kappa shape index (κ1) is 14.2. The topological polar surface area (TPSA) is 43.2 Å². The van der Waals surface area contributed by atoms with E-state index in [0.717, 1.165) is 46.4 Å². The molecule has 1 saturated heterocycles. The Kier molecular flexibility index (Phi) is 3.31. The number of hydrogen-bond acceptors (Lipinski definition) is 4. The van der Waals surface area contributed by atoms with E-state index in [0.29, 0.717) is 0 Å². The standard InChI is InChI=1S/C18H20N4O/c1-12-18(23-16-10-21(2)11-16)17-6-13(4-5-14(17)7-19-12)15-8-20-22(3)9-15/h4-9,16H,10-11H2,1-3H3. The number of likely N-dealkylation sites (N-methyl/N-ethyl adjacent to an activating group) is 1. The largest absolute Gasteiger partial charge is 0.485 e. The molecule has 0 atom stereocenters. The summed E-state index contributed by atoms with van der Waals surface area (Å²) in [7, 11) is 4.04. The lowest BCUT2D eigenvalue weighted by molar-refractivity contribution is 0.0392. The van der Waals surface area contributed by atoms with E-state index in [1.807, 2.05) is 37.2 Å². The molecule has 3 heterocycles. The highest BCUT2D eigenvalue weighted by atomic mass is 16.5. The zero-order valence-electron chi connectivity index (χ0n) is 13.7. The second-order valence-corrected chi connectivity index (χ2v) is 6.34. The van der Waals surface area contributed by atoms with Gasteiger partial charge in [-0.05, 0) is 25.6 Å². The number of aromatic nitrogens is 3. The van der Waals surface area contributed by atoms with Crippen LogP contribution in [0, 0.1) is 6.92 Å². The number of fused-ring (bicyclic) bond motifs is 1. The highest BCUT2D eigenvalue weighted by Crippen LogP contribution is 2.33. The number of benzene rings is 1. The number of hydrogen-bond donors (Lipinski definition) is 0. The van der Waals surface area contributed by atoms with E-state index in [2.05, 4.69) is 40.2 Å². The molecule has 0 N–H and O–H groups in total. The molecule has 0 amide bonds. The minimum atomic E-state index is 0.258. The number of nitrogens with zero attached hydrogens (tertiary/aromatic N) is 4. The molecule has 23 heavy (non-hydrogen) atoms. The van der Waals surface area contributed by atoms with Crippen molar-refractivity contribution in [2.24, 2.45) is 7.05 Å². The Bertz CT molecular complexity index is 865. The first-order valence-electron chi connectivity index (χ1n) is 7.84. The SMILES string of the molecule is Cc1ncc2ccc(-c3cnn(C)c3)cc2c1OC1CN(C)C1. The van der Waals surface area contributed by atoms with Crippen molar-refractivity contribution in [2.75, 3.05) is 20.1 Å². The highest BCUT2D eigenvalue weighted by molar-refractivity contribution is 5.92. The third kappa shape index (κ3) is 2.57. The summed E-state index contributed by atoms with van der Waals surface area (Å²) >= 11 is 0. The Balaban J connectivity index is 1.78. The van der Waals surface area contributed by atoms with Crippen molar-refractivity contribution in [1.29, 1.82) is 0 Å². The third-order valence-electron chi connectivity index (χ3n) is 4.38. The average Bonchev–Trinajstić information content (AvgIpc) is 2.94. The lowest BCUT2D eigenvalue weighted by Gasteiger charge is -2.36. The summed E-state index contributed by atoms with van der Waals surface area (Å²) in [6, 6.07) is 6.39. The molecular formula is C18H20N4O. The van der Waals surface area contributed by atoms with Gasteiger partial charge in [-0.1, -0.05) is 12.1 Å². The second kappa shape index (κ2) is 5.35. The van der Waals surface area contributed by atoms with E-state index in [1.54, 1.807) is 0 Å². The molecule has 2 aromatic heterocycles. The fourth-order valence-corrected chi connectivity index (χ4v) is 3.07. The van der Waals surface area contributed by atoms with E-state index >= 15 is 0 Å². The van der Waals surface area contributed by atoms with Gasteiger partial charge in [0.25, 0.3) is 0 Å². The van der Waals surface area contributed by atoms with Gasteiger partial charge >= 0.3 is 0 Å². The van der Waals surface area contributed by atoms with Crippen LogP contribution in [0.2, 0.25) is 0 Å². The predicted molar refractivity (Wildman–Crippen MR) is 90.6 cm³/mol. The molecule has 0 aliphatic carbocycles. The smallest absolute Gasteiger partial charge is 0.148 e. The monoisotopic (exact) mass is 308 g/mol. The maximum absolute atomic E-state index is 6.24. The summed E-state index contributed by atoms with van der Waals surface area (Å²) < 4.78 is 8.05. The molecule has 0 saturated carbocycles. The Hall–Kier alpha value is -2.40. The van der Waals surface area contributed by atoms with Crippen LogP contribution < -0.4 is 4.74 Å². The van der Waals surface area contributed by atoms with E-state index in [9.17, 15) is 0 Å². The number of likely N-dealkylation sites (tertiary alicyclic amines) is 1. The van der Waals surface area contributed by atoms with E-state index in [-0.39, 0.29) is 6.10 Å². The van der Waals surface area contributed by atoms with E-state index < -0.39 is 0 Å². The molecule has 4 rings (SSSR count). The van der Waals surface area contributed by atoms with Crippen molar-refractivity contribution < 1.29 is 4.74 Å². The summed E-state index contributed by atoms with van der Waals surface area (Å²) in [5.74, 6) is 0.909. The normalized spacial score (nSPS) is 15.8. The van der Waals surface area contributed by atoms with Crippen molar-refractivity contribution >= 4 is 10.8 Å². The molecule has 1 aliphatic rings. The first-order valence-corrected chi connectivity index (χ1v) is 7.84. The van der Waals surface area contributed by atoms with Crippen LogP contribution in [0.15, 0.2) is 36.8 Å². The minimum Gasteiger partial charge on any atom is -0.485 e. The molecule has 0 spiro atoms. The first-order chi connectivity index (χ1) is 11.1. The van der Waals surface area contributed by atoms with Gasteiger partial charge in [0.15, 0.2) is 0 Å². The van der Waals surface area contributed by atoms with Gasteiger partial charge in [0.1, 0.15) is 11.9 Å². The Morgan fingerprint density at radius 2 is 1.96 bits per heavy atom. The van der Waals surface area contributed by atoms with Gasteiger partial charge in [0.05, 0.1) is 11.9 Å². The van der Waals surface area contributed by atoms with Crippen LogP contribution in [0.3, 0.4) is 0 Å². The summed E-state index contributed by atoms with van der Waals surface area (Å²) in [5.41, 5.74) is 3.19. The maximum atomic E-state index is 6.24. The van der Waals surface area contributed by atoms with Crippen molar-refractivity contribution in [3.8, 4) is 16.9 Å². The third-order valence-corrected chi connectivity index (χ3v) is 4.38. The van der Waals surface area contributed by atoms with Crippen LogP contribution in [0.4, 0.5) is 0 Å². The summed E-state index contributed by atoms with van der Waals surface area (Å²) in [4.78, 5) is 6.74. The molecule has 1 aliphatic heterocycles. The van der Waals surface area contributed by atoms with Crippen molar-refractivity contribution in [3.05, 3.63) is 42.5 Å². The van der Waals surface area contributed by atoms with Crippen LogP contribution >= 0.6 is 0 Å². The average molecular weight is 308 g/mol. The number of aryl methyl sites for hydroxylation is 2. The van der Waals surface area contributed by atoms with Crippen molar-refractivity contribution in [3.63, 3.8) is 0 Å². The predicted octanol–water partition coefficient (Wildman–Crippen LogP) is 2.64. The fourth-order valence-electron chi connectivity index (χ4n) is 3.07. The van der Waals surface area contributed by atoms with Crippen LogP contribution in [0.5, 0.6) is 5.75 Å². The van der Waals surface area contributed by atoms with Gasteiger partial charge in [0, 0.05) is 48.9 Å². The highest BCUT2D eigenvalue weighted by Gasteiger charge is 2.26. The van der Waals surface area contributed by atoms with Gasteiger partial charge < -0.3 is 4.74 Å². The number of pyridine rings is 1. The molecule has 1 aromatic carbocycles.